The monoisotopic (exact) mass is 176 g/mol. The Hall–Kier alpha value is -1.20. The highest BCUT2D eigenvalue weighted by atomic mass is 19.4. The summed E-state index contributed by atoms with van der Waals surface area (Å²) in [6, 6.07) is 1.49. The van der Waals surface area contributed by atoms with Crippen molar-refractivity contribution >= 4 is 12.4 Å². The predicted octanol–water partition coefficient (Wildman–Crippen LogP) is 0.440. The summed E-state index contributed by atoms with van der Waals surface area (Å²) in [7, 11) is 1.40. The molecule has 0 fully saturated rings. The molecule has 0 N–H and O–H groups in total. The fourth-order valence-corrected chi connectivity index (χ4v) is 0.767. The van der Waals surface area contributed by atoms with Gasteiger partial charge in [-0.25, -0.2) is 0 Å². The van der Waals surface area contributed by atoms with E-state index < -0.39 is 18.0 Å². The van der Waals surface area contributed by atoms with Crippen molar-refractivity contribution in [1.29, 1.82) is 0 Å². The molecule has 0 bridgehead atoms. The quantitative estimate of drug-likeness (QED) is 0.569. The standard InChI is InChI=1S/C6H6BF3NO/c1-11-3-2-5(4-6(11)12)7(8,9)10/h2-4H,1H3/q-1. The molecule has 0 saturated carbocycles. The van der Waals surface area contributed by atoms with Crippen molar-refractivity contribution in [3.8, 4) is 0 Å². The number of nitrogens with zero attached hydrogens (tertiary/aromatic N) is 1. The van der Waals surface area contributed by atoms with Gasteiger partial charge >= 0.3 is 6.98 Å². The number of hydrogen-bond acceptors (Lipinski definition) is 1. The minimum Gasteiger partial charge on any atom is -0.445 e. The van der Waals surface area contributed by atoms with Crippen molar-refractivity contribution in [2.45, 2.75) is 0 Å². The Morgan fingerprint density at radius 3 is 2.42 bits per heavy atom. The van der Waals surface area contributed by atoms with Crippen LogP contribution in [-0.2, 0) is 7.05 Å². The number of hydrogen-bond donors (Lipinski definition) is 0. The van der Waals surface area contributed by atoms with E-state index in [2.05, 4.69) is 0 Å². The molecule has 0 radical (unpaired) electrons. The van der Waals surface area contributed by atoms with E-state index in [1.54, 1.807) is 0 Å². The van der Waals surface area contributed by atoms with Crippen molar-refractivity contribution in [3.63, 3.8) is 0 Å². The number of rotatable bonds is 1. The van der Waals surface area contributed by atoms with Crippen LogP contribution in [0.5, 0.6) is 0 Å². The maximum absolute atomic E-state index is 12.0. The zero-order chi connectivity index (χ0) is 9.35. The van der Waals surface area contributed by atoms with Gasteiger partial charge in [-0.15, -0.1) is 5.46 Å². The average molecular weight is 176 g/mol. The van der Waals surface area contributed by atoms with Crippen LogP contribution >= 0.6 is 0 Å². The van der Waals surface area contributed by atoms with Crippen LogP contribution in [0.4, 0.5) is 12.9 Å². The van der Waals surface area contributed by atoms with Gasteiger partial charge in [0.2, 0.25) is 5.56 Å². The largest absolute Gasteiger partial charge is 0.509 e. The summed E-state index contributed by atoms with van der Waals surface area (Å²) in [6.07, 6.45) is 1.10. The van der Waals surface area contributed by atoms with Crippen molar-refractivity contribution in [2.75, 3.05) is 0 Å². The Balaban J connectivity index is 3.23. The van der Waals surface area contributed by atoms with E-state index in [9.17, 15) is 17.7 Å². The van der Waals surface area contributed by atoms with Crippen LogP contribution in [0.15, 0.2) is 23.1 Å². The van der Waals surface area contributed by atoms with Gasteiger partial charge in [0.1, 0.15) is 0 Å². The molecule has 0 aliphatic rings. The van der Waals surface area contributed by atoms with Crippen LogP contribution in [0.1, 0.15) is 0 Å². The van der Waals surface area contributed by atoms with Crippen LogP contribution < -0.4 is 11.0 Å². The first-order valence-electron chi connectivity index (χ1n) is 3.28. The Kier molecular flexibility index (Phi) is 2.00. The first-order valence-corrected chi connectivity index (χ1v) is 3.28. The summed E-state index contributed by atoms with van der Waals surface area (Å²) < 4.78 is 37.1. The average Bonchev–Trinajstić information content (AvgIpc) is 1.92. The highest BCUT2D eigenvalue weighted by Gasteiger charge is 2.25. The molecule has 1 aromatic heterocycles. The number of halogens is 3. The predicted molar refractivity (Wildman–Crippen MR) is 40.4 cm³/mol. The molecular weight excluding hydrogens is 170 g/mol. The van der Waals surface area contributed by atoms with Crippen LogP contribution in [-0.4, -0.2) is 11.5 Å². The molecule has 0 saturated heterocycles. The Morgan fingerprint density at radius 1 is 1.42 bits per heavy atom. The summed E-state index contributed by atoms with van der Waals surface area (Å²) in [5.41, 5.74) is -1.50. The minimum atomic E-state index is -5.05. The van der Waals surface area contributed by atoms with E-state index in [1.165, 1.54) is 7.05 Å². The third kappa shape index (κ3) is 1.69. The van der Waals surface area contributed by atoms with Crippen molar-refractivity contribution in [1.82, 2.24) is 4.57 Å². The molecule has 0 unspecified atom stereocenters. The summed E-state index contributed by atoms with van der Waals surface area (Å²) in [5, 5.41) is 0. The molecule has 6 heteroatoms. The fourth-order valence-electron chi connectivity index (χ4n) is 0.767. The Morgan fingerprint density at radius 2 is 2.00 bits per heavy atom. The zero-order valence-corrected chi connectivity index (χ0v) is 6.30. The molecule has 0 aromatic carbocycles. The third-order valence-electron chi connectivity index (χ3n) is 1.51. The number of aromatic nitrogens is 1. The molecule has 12 heavy (non-hydrogen) atoms. The lowest BCUT2D eigenvalue weighted by molar-refractivity contribution is 0.500. The van der Waals surface area contributed by atoms with Crippen LogP contribution in [0.3, 0.4) is 0 Å². The molecule has 0 aliphatic carbocycles. The van der Waals surface area contributed by atoms with Gasteiger partial charge in [-0.3, -0.25) is 4.79 Å². The molecule has 0 atom stereocenters. The Bertz CT molecular complexity index is 343. The normalized spacial score (nSPS) is 11.7. The van der Waals surface area contributed by atoms with Gasteiger partial charge < -0.3 is 17.5 Å². The van der Waals surface area contributed by atoms with Gasteiger partial charge in [-0.1, -0.05) is 6.07 Å². The SMILES string of the molecule is Cn1ccc([B-](F)(F)F)cc1=O. The highest BCUT2D eigenvalue weighted by molar-refractivity contribution is 6.73. The summed E-state index contributed by atoms with van der Waals surface area (Å²) >= 11 is 0. The van der Waals surface area contributed by atoms with Gasteiger partial charge in [0, 0.05) is 13.2 Å². The van der Waals surface area contributed by atoms with Gasteiger partial charge in [-0.2, -0.15) is 0 Å². The summed E-state index contributed by atoms with van der Waals surface area (Å²) in [4.78, 5) is 10.8. The van der Waals surface area contributed by atoms with Crippen molar-refractivity contribution < 1.29 is 12.9 Å². The van der Waals surface area contributed by atoms with E-state index in [1.807, 2.05) is 0 Å². The van der Waals surface area contributed by atoms with Gasteiger partial charge in [0.05, 0.1) is 0 Å². The maximum atomic E-state index is 12.0. The molecule has 1 heterocycles. The Labute approximate surface area is 66.7 Å². The second-order valence-corrected chi connectivity index (χ2v) is 2.48. The fraction of sp³-hybridized carbons (Fsp3) is 0.167. The smallest absolute Gasteiger partial charge is 0.445 e. The maximum Gasteiger partial charge on any atom is 0.509 e. The van der Waals surface area contributed by atoms with E-state index in [4.69, 9.17) is 0 Å². The summed E-state index contributed by atoms with van der Waals surface area (Å²) in [6.45, 7) is -5.05. The zero-order valence-electron chi connectivity index (χ0n) is 6.30. The molecule has 0 spiro atoms. The lowest BCUT2D eigenvalue weighted by Crippen LogP contribution is -2.37. The molecule has 0 amide bonds. The second kappa shape index (κ2) is 2.69. The van der Waals surface area contributed by atoms with Crippen LogP contribution in [0, 0.1) is 0 Å². The van der Waals surface area contributed by atoms with Gasteiger partial charge in [0.25, 0.3) is 0 Å². The molecule has 2 nitrogen and oxygen atoms in total. The molecule has 1 rings (SSSR count). The molecule has 0 aliphatic heterocycles. The van der Waals surface area contributed by atoms with Crippen molar-refractivity contribution in [3.05, 3.63) is 28.7 Å². The van der Waals surface area contributed by atoms with Gasteiger partial charge in [0.15, 0.2) is 0 Å². The number of aryl methyl sites for hydroxylation is 1. The van der Waals surface area contributed by atoms with Crippen molar-refractivity contribution in [2.24, 2.45) is 7.05 Å². The molecule has 1 aromatic rings. The van der Waals surface area contributed by atoms with Crippen LogP contribution in [0.2, 0.25) is 0 Å². The second-order valence-electron chi connectivity index (χ2n) is 2.48. The van der Waals surface area contributed by atoms with E-state index in [0.717, 1.165) is 16.8 Å². The molecule has 66 valence electrons. The lowest BCUT2D eigenvalue weighted by atomic mass is 9.81. The molecular formula is C6H6BF3NO-. The summed E-state index contributed by atoms with van der Waals surface area (Å²) in [5.74, 6) is 0. The first-order chi connectivity index (χ1) is 5.41. The lowest BCUT2D eigenvalue weighted by Gasteiger charge is -2.13. The van der Waals surface area contributed by atoms with E-state index in [0.29, 0.717) is 6.07 Å². The van der Waals surface area contributed by atoms with E-state index >= 15 is 0 Å². The first kappa shape index (κ1) is 8.90. The highest BCUT2D eigenvalue weighted by Crippen LogP contribution is 2.06. The topological polar surface area (TPSA) is 22.0 Å². The minimum absolute atomic E-state index is 0.597. The van der Waals surface area contributed by atoms with Crippen LogP contribution in [0.25, 0.3) is 0 Å². The third-order valence-corrected chi connectivity index (χ3v) is 1.51. The van der Waals surface area contributed by atoms with E-state index in [-0.39, 0.29) is 0 Å². The number of pyridine rings is 1. The van der Waals surface area contributed by atoms with Gasteiger partial charge in [-0.05, 0) is 6.07 Å².